The first-order valence-corrected chi connectivity index (χ1v) is 6.85. The van der Waals surface area contributed by atoms with Crippen LogP contribution in [0.2, 0.25) is 5.02 Å². The van der Waals surface area contributed by atoms with E-state index < -0.39 is 5.82 Å². The zero-order valence-electron chi connectivity index (χ0n) is 10.9. The number of nitrogens with zero attached hydrogens (tertiary/aromatic N) is 1. The predicted molar refractivity (Wildman–Crippen MR) is 73.0 cm³/mol. The Bertz CT molecular complexity index is 461. The molecule has 1 fully saturated rings. The first-order valence-electron chi connectivity index (χ1n) is 6.47. The smallest absolute Gasteiger partial charge is 0.232 e. The lowest BCUT2D eigenvalue weighted by Crippen LogP contribution is -2.40. The van der Waals surface area contributed by atoms with Gasteiger partial charge in [0.25, 0.3) is 0 Å². The lowest BCUT2D eigenvalue weighted by molar-refractivity contribution is -0.126. The summed E-state index contributed by atoms with van der Waals surface area (Å²) in [7, 11) is 0. The summed E-state index contributed by atoms with van der Waals surface area (Å²) in [5, 5.41) is 0.325. The largest absolute Gasteiger partial charge is 0.381 e. The van der Waals surface area contributed by atoms with Crippen molar-refractivity contribution in [1.29, 1.82) is 0 Å². The van der Waals surface area contributed by atoms with E-state index in [9.17, 15) is 9.18 Å². The molecule has 0 aromatic heterocycles. The Kier molecular flexibility index (Phi) is 4.77. The van der Waals surface area contributed by atoms with Gasteiger partial charge in [0.15, 0.2) is 0 Å². The average Bonchev–Trinajstić information content (AvgIpc) is 2.42. The summed E-state index contributed by atoms with van der Waals surface area (Å²) in [6, 6.07) is 4.36. The van der Waals surface area contributed by atoms with Crippen molar-refractivity contribution in [2.75, 3.05) is 24.7 Å². The number of rotatable bonds is 3. The third kappa shape index (κ3) is 3.25. The molecule has 1 aliphatic heterocycles. The summed E-state index contributed by atoms with van der Waals surface area (Å²) < 4.78 is 19.2. The highest BCUT2D eigenvalue weighted by atomic mass is 35.5. The van der Waals surface area contributed by atoms with E-state index in [1.165, 1.54) is 11.0 Å². The van der Waals surface area contributed by atoms with Crippen LogP contribution in [0.25, 0.3) is 0 Å². The molecule has 0 bridgehead atoms. The number of carbonyl (C=O) groups is 1. The van der Waals surface area contributed by atoms with E-state index in [1.807, 2.05) is 6.92 Å². The van der Waals surface area contributed by atoms with Crippen molar-refractivity contribution >= 4 is 23.2 Å². The second-order valence-electron chi connectivity index (χ2n) is 4.59. The number of halogens is 2. The van der Waals surface area contributed by atoms with E-state index in [0.29, 0.717) is 24.8 Å². The van der Waals surface area contributed by atoms with Crippen molar-refractivity contribution in [3.05, 3.63) is 29.0 Å². The van der Waals surface area contributed by atoms with Crippen LogP contribution in [0, 0.1) is 11.7 Å². The highest BCUT2D eigenvalue weighted by Crippen LogP contribution is 2.26. The topological polar surface area (TPSA) is 29.5 Å². The minimum absolute atomic E-state index is 0.0802. The molecule has 1 amide bonds. The highest BCUT2D eigenvalue weighted by molar-refractivity contribution is 6.30. The van der Waals surface area contributed by atoms with Gasteiger partial charge < -0.3 is 9.64 Å². The molecular formula is C14H17ClFNO2. The lowest BCUT2D eigenvalue weighted by atomic mass is 10.0. The molecule has 1 heterocycles. The number of ether oxygens (including phenoxy) is 1. The van der Waals surface area contributed by atoms with Crippen molar-refractivity contribution < 1.29 is 13.9 Å². The van der Waals surface area contributed by atoms with Crippen LogP contribution in [-0.4, -0.2) is 25.7 Å². The first kappa shape index (κ1) is 14.3. The van der Waals surface area contributed by atoms with Crippen LogP contribution in [0.4, 0.5) is 10.1 Å². The summed E-state index contributed by atoms with van der Waals surface area (Å²) in [5.74, 6) is -0.730. The van der Waals surface area contributed by atoms with Crippen LogP contribution < -0.4 is 4.90 Å². The number of carbonyl (C=O) groups excluding carboxylic acids is 1. The van der Waals surface area contributed by atoms with Crippen molar-refractivity contribution in [1.82, 2.24) is 0 Å². The quantitative estimate of drug-likeness (QED) is 0.853. The molecule has 2 rings (SSSR count). The van der Waals surface area contributed by atoms with Gasteiger partial charge in [0, 0.05) is 18.2 Å². The summed E-state index contributed by atoms with van der Waals surface area (Å²) in [6.45, 7) is 3.37. The van der Waals surface area contributed by atoms with E-state index in [1.54, 1.807) is 12.1 Å². The zero-order chi connectivity index (χ0) is 13.8. The Morgan fingerprint density at radius 2 is 2.37 bits per heavy atom. The molecule has 0 spiro atoms. The Morgan fingerprint density at radius 3 is 2.95 bits per heavy atom. The first-order chi connectivity index (χ1) is 9.13. The molecule has 0 radical (unpaired) electrons. The molecule has 3 nitrogen and oxygen atoms in total. The molecule has 19 heavy (non-hydrogen) atoms. The number of benzene rings is 1. The lowest BCUT2D eigenvalue weighted by Gasteiger charge is -2.28. The number of anilines is 1. The average molecular weight is 286 g/mol. The third-order valence-corrected chi connectivity index (χ3v) is 3.53. The molecular weight excluding hydrogens is 269 g/mol. The molecule has 0 saturated carbocycles. The maximum atomic E-state index is 13.9. The second-order valence-corrected chi connectivity index (χ2v) is 5.03. The SMILES string of the molecule is CCN(C(=O)C1CCCOC1)c1ccc(Cl)cc1F. The fourth-order valence-corrected chi connectivity index (χ4v) is 2.46. The summed E-state index contributed by atoms with van der Waals surface area (Å²) in [5.41, 5.74) is 0.280. The van der Waals surface area contributed by atoms with Crippen LogP contribution >= 0.6 is 11.6 Å². The van der Waals surface area contributed by atoms with Gasteiger partial charge in [0.2, 0.25) is 5.91 Å². The minimum Gasteiger partial charge on any atom is -0.381 e. The summed E-state index contributed by atoms with van der Waals surface area (Å²) in [4.78, 5) is 13.9. The van der Waals surface area contributed by atoms with Crippen LogP contribution in [-0.2, 0) is 9.53 Å². The van der Waals surface area contributed by atoms with E-state index in [2.05, 4.69) is 0 Å². The highest BCUT2D eigenvalue weighted by Gasteiger charge is 2.27. The van der Waals surface area contributed by atoms with Crippen LogP contribution in [0.3, 0.4) is 0 Å². The fourth-order valence-electron chi connectivity index (χ4n) is 2.30. The normalized spacial score (nSPS) is 19.2. The summed E-state index contributed by atoms with van der Waals surface area (Å²) >= 11 is 5.73. The maximum Gasteiger partial charge on any atom is 0.232 e. The van der Waals surface area contributed by atoms with Gasteiger partial charge in [-0.25, -0.2) is 4.39 Å². The van der Waals surface area contributed by atoms with Gasteiger partial charge in [-0.3, -0.25) is 4.79 Å². The van der Waals surface area contributed by atoms with Crippen LogP contribution in [0.15, 0.2) is 18.2 Å². The standard InChI is InChI=1S/C14H17ClFNO2/c1-2-17(13-6-5-11(15)8-12(13)16)14(18)10-4-3-7-19-9-10/h5-6,8,10H,2-4,7,9H2,1H3. The summed E-state index contributed by atoms with van der Waals surface area (Å²) in [6.07, 6.45) is 1.67. The van der Waals surface area contributed by atoms with E-state index in [0.717, 1.165) is 12.8 Å². The van der Waals surface area contributed by atoms with Gasteiger partial charge in [-0.05, 0) is 38.0 Å². The zero-order valence-corrected chi connectivity index (χ0v) is 11.6. The molecule has 1 aromatic carbocycles. The van der Waals surface area contributed by atoms with Crippen molar-refractivity contribution in [3.8, 4) is 0 Å². The van der Waals surface area contributed by atoms with Crippen LogP contribution in [0.1, 0.15) is 19.8 Å². The minimum atomic E-state index is -0.473. The van der Waals surface area contributed by atoms with Gasteiger partial charge in [-0.1, -0.05) is 11.6 Å². The molecule has 1 unspecified atom stereocenters. The van der Waals surface area contributed by atoms with Gasteiger partial charge in [-0.15, -0.1) is 0 Å². The predicted octanol–water partition coefficient (Wildman–Crippen LogP) is 3.26. The Hall–Kier alpha value is -1.13. The Labute approximate surface area is 117 Å². The molecule has 1 aliphatic rings. The van der Waals surface area contributed by atoms with Crippen molar-refractivity contribution in [3.63, 3.8) is 0 Å². The van der Waals surface area contributed by atoms with E-state index in [4.69, 9.17) is 16.3 Å². The van der Waals surface area contributed by atoms with Crippen molar-refractivity contribution in [2.45, 2.75) is 19.8 Å². The molecule has 1 atom stereocenters. The van der Waals surface area contributed by atoms with Gasteiger partial charge in [0.1, 0.15) is 5.82 Å². The van der Waals surface area contributed by atoms with Gasteiger partial charge in [0.05, 0.1) is 18.2 Å². The fraction of sp³-hybridized carbons (Fsp3) is 0.500. The van der Waals surface area contributed by atoms with E-state index in [-0.39, 0.29) is 17.5 Å². The van der Waals surface area contributed by atoms with Crippen molar-refractivity contribution in [2.24, 2.45) is 5.92 Å². The van der Waals surface area contributed by atoms with Gasteiger partial charge in [-0.2, -0.15) is 0 Å². The monoisotopic (exact) mass is 285 g/mol. The number of hydrogen-bond acceptors (Lipinski definition) is 2. The molecule has 0 aliphatic carbocycles. The van der Waals surface area contributed by atoms with E-state index >= 15 is 0 Å². The number of amides is 1. The molecule has 0 N–H and O–H groups in total. The second kappa shape index (κ2) is 6.35. The van der Waals surface area contributed by atoms with Crippen LogP contribution in [0.5, 0.6) is 0 Å². The molecule has 5 heteroatoms. The Morgan fingerprint density at radius 1 is 1.58 bits per heavy atom. The molecule has 1 aromatic rings. The third-order valence-electron chi connectivity index (χ3n) is 3.29. The molecule has 104 valence electrons. The molecule has 1 saturated heterocycles. The van der Waals surface area contributed by atoms with Gasteiger partial charge >= 0.3 is 0 Å². The Balaban J connectivity index is 2.20. The maximum absolute atomic E-state index is 13.9. The number of hydrogen-bond donors (Lipinski definition) is 0.